The molecule has 0 aromatic heterocycles. The maximum Gasteiger partial charge on any atom is 0.0436 e. The molecule has 0 bridgehead atoms. The molecule has 0 atom stereocenters. The fourth-order valence-corrected chi connectivity index (χ4v) is 2.69. The minimum atomic E-state index is 0.109. The summed E-state index contributed by atoms with van der Waals surface area (Å²) in [6.45, 7) is 2.51. The van der Waals surface area contributed by atoms with E-state index in [1.807, 2.05) is 12.1 Å². The van der Waals surface area contributed by atoms with Crippen LogP contribution in [0, 0.1) is 5.41 Å². The lowest BCUT2D eigenvalue weighted by atomic mass is 9.76. The number of benzene rings is 2. The van der Waals surface area contributed by atoms with Crippen LogP contribution in [0.2, 0.25) is 0 Å². The van der Waals surface area contributed by atoms with Gasteiger partial charge in [0.1, 0.15) is 0 Å². The molecule has 2 rings (SSSR count). The third kappa shape index (κ3) is 4.22. The van der Waals surface area contributed by atoms with Crippen molar-refractivity contribution in [3.05, 3.63) is 71.8 Å². The minimum Gasteiger partial charge on any atom is -0.396 e. The third-order valence-electron chi connectivity index (χ3n) is 3.66. The van der Waals surface area contributed by atoms with Crippen molar-refractivity contribution >= 4 is 0 Å². The number of hydrogen-bond donors (Lipinski definition) is 1. The van der Waals surface area contributed by atoms with E-state index in [2.05, 4.69) is 55.5 Å². The standard InChI is InChI=1S/C18H22O/c1-18(12-13-19,14-16-8-4-2-5-9-16)15-17-10-6-3-7-11-17/h2-11,19H,12-15H2,1H3. The molecule has 1 heteroatoms. The van der Waals surface area contributed by atoms with Crippen molar-refractivity contribution < 1.29 is 5.11 Å². The molecule has 0 aliphatic rings. The Morgan fingerprint density at radius 2 is 1.21 bits per heavy atom. The molecular formula is C18H22O. The van der Waals surface area contributed by atoms with Gasteiger partial charge in [-0.25, -0.2) is 0 Å². The van der Waals surface area contributed by atoms with Crippen molar-refractivity contribution in [2.45, 2.75) is 26.2 Å². The zero-order valence-corrected chi connectivity index (χ0v) is 11.5. The summed E-state index contributed by atoms with van der Waals surface area (Å²) in [5.41, 5.74) is 2.79. The van der Waals surface area contributed by atoms with E-state index in [1.165, 1.54) is 11.1 Å². The van der Waals surface area contributed by atoms with Gasteiger partial charge in [0.05, 0.1) is 0 Å². The van der Waals surface area contributed by atoms with E-state index in [0.29, 0.717) is 0 Å². The van der Waals surface area contributed by atoms with Gasteiger partial charge in [-0.05, 0) is 35.8 Å². The van der Waals surface area contributed by atoms with Gasteiger partial charge in [0, 0.05) is 6.61 Å². The molecule has 0 spiro atoms. The summed E-state index contributed by atoms with van der Waals surface area (Å²) in [5, 5.41) is 9.36. The van der Waals surface area contributed by atoms with Crippen LogP contribution in [0.25, 0.3) is 0 Å². The van der Waals surface area contributed by atoms with E-state index in [0.717, 1.165) is 19.3 Å². The first-order valence-corrected chi connectivity index (χ1v) is 6.91. The number of aliphatic hydroxyl groups is 1. The molecule has 0 heterocycles. The molecule has 1 N–H and O–H groups in total. The molecule has 0 unspecified atom stereocenters. The molecule has 19 heavy (non-hydrogen) atoms. The highest BCUT2D eigenvalue weighted by Gasteiger charge is 2.24. The Balaban J connectivity index is 2.13. The van der Waals surface area contributed by atoms with Crippen molar-refractivity contribution in [3.8, 4) is 0 Å². The Labute approximate surface area is 115 Å². The highest BCUT2D eigenvalue weighted by Crippen LogP contribution is 2.30. The van der Waals surface area contributed by atoms with Crippen LogP contribution in [0.5, 0.6) is 0 Å². The monoisotopic (exact) mass is 254 g/mol. The second-order valence-corrected chi connectivity index (χ2v) is 5.61. The van der Waals surface area contributed by atoms with Gasteiger partial charge in [-0.3, -0.25) is 0 Å². The molecule has 2 aromatic carbocycles. The Morgan fingerprint density at radius 3 is 1.58 bits per heavy atom. The first-order chi connectivity index (χ1) is 9.22. The van der Waals surface area contributed by atoms with Crippen LogP contribution in [0.4, 0.5) is 0 Å². The maximum atomic E-state index is 9.36. The van der Waals surface area contributed by atoms with E-state index in [9.17, 15) is 5.11 Å². The SMILES string of the molecule is CC(CCO)(Cc1ccccc1)Cc1ccccc1. The van der Waals surface area contributed by atoms with Gasteiger partial charge in [-0.1, -0.05) is 67.6 Å². The topological polar surface area (TPSA) is 20.2 Å². The van der Waals surface area contributed by atoms with Gasteiger partial charge < -0.3 is 5.11 Å². The van der Waals surface area contributed by atoms with Crippen LogP contribution < -0.4 is 0 Å². The number of hydrogen-bond acceptors (Lipinski definition) is 1. The summed E-state index contributed by atoms with van der Waals surface area (Å²) < 4.78 is 0. The van der Waals surface area contributed by atoms with E-state index in [4.69, 9.17) is 0 Å². The molecule has 1 nitrogen and oxygen atoms in total. The summed E-state index contributed by atoms with van der Waals surface area (Å²) in [7, 11) is 0. The Hall–Kier alpha value is -1.60. The molecular weight excluding hydrogens is 232 g/mol. The summed E-state index contributed by atoms with van der Waals surface area (Å²) >= 11 is 0. The van der Waals surface area contributed by atoms with Crippen LogP contribution in [0.3, 0.4) is 0 Å². The van der Waals surface area contributed by atoms with E-state index in [-0.39, 0.29) is 12.0 Å². The second-order valence-electron chi connectivity index (χ2n) is 5.61. The van der Waals surface area contributed by atoms with Crippen LogP contribution in [-0.4, -0.2) is 11.7 Å². The highest BCUT2D eigenvalue weighted by molar-refractivity contribution is 5.20. The normalized spacial score (nSPS) is 11.5. The molecule has 0 saturated carbocycles. The van der Waals surface area contributed by atoms with Crippen LogP contribution >= 0.6 is 0 Å². The first kappa shape index (κ1) is 13.8. The van der Waals surface area contributed by atoms with Gasteiger partial charge in [0.15, 0.2) is 0 Å². The molecule has 0 aliphatic carbocycles. The molecule has 0 aliphatic heterocycles. The average Bonchev–Trinajstić information content (AvgIpc) is 2.41. The third-order valence-corrected chi connectivity index (χ3v) is 3.66. The quantitative estimate of drug-likeness (QED) is 0.830. The van der Waals surface area contributed by atoms with Crippen molar-refractivity contribution in [2.24, 2.45) is 5.41 Å². The van der Waals surface area contributed by atoms with Gasteiger partial charge in [-0.15, -0.1) is 0 Å². The zero-order valence-electron chi connectivity index (χ0n) is 11.5. The second kappa shape index (κ2) is 6.53. The van der Waals surface area contributed by atoms with E-state index in [1.54, 1.807) is 0 Å². The fourth-order valence-electron chi connectivity index (χ4n) is 2.69. The van der Waals surface area contributed by atoms with E-state index < -0.39 is 0 Å². The van der Waals surface area contributed by atoms with Crippen molar-refractivity contribution in [2.75, 3.05) is 6.61 Å². The van der Waals surface area contributed by atoms with Gasteiger partial charge in [-0.2, -0.15) is 0 Å². The number of aliphatic hydroxyl groups excluding tert-OH is 1. The molecule has 0 radical (unpaired) electrons. The van der Waals surface area contributed by atoms with Gasteiger partial charge >= 0.3 is 0 Å². The smallest absolute Gasteiger partial charge is 0.0436 e. The molecule has 0 fully saturated rings. The molecule has 0 saturated heterocycles. The lowest BCUT2D eigenvalue weighted by molar-refractivity contribution is 0.194. The summed E-state index contributed by atoms with van der Waals surface area (Å²) in [6, 6.07) is 21.1. The van der Waals surface area contributed by atoms with Gasteiger partial charge in [0.25, 0.3) is 0 Å². The largest absolute Gasteiger partial charge is 0.396 e. The molecule has 2 aromatic rings. The van der Waals surface area contributed by atoms with E-state index >= 15 is 0 Å². The maximum absolute atomic E-state index is 9.36. The summed E-state index contributed by atoms with van der Waals surface area (Å²) in [5.74, 6) is 0. The Bertz CT molecular complexity index is 434. The van der Waals surface area contributed by atoms with Crippen LogP contribution in [-0.2, 0) is 12.8 Å². The predicted octanol–water partition coefficient (Wildman–Crippen LogP) is 3.86. The Kier molecular flexibility index (Phi) is 4.75. The highest BCUT2D eigenvalue weighted by atomic mass is 16.3. The van der Waals surface area contributed by atoms with Crippen LogP contribution in [0.15, 0.2) is 60.7 Å². The van der Waals surface area contributed by atoms with Crippen molar-refractivity contribution in [3.63, 3.8) is 0 Å². The van der Waals surface area contributed by atoms with Gasteiger partial charge in [0.2, 0.25) is 0 Å². The van der Waals surface area contributed by atoms with Crippen molar-refractivity contribution in [1.29, 1.82) is 0 Å². The molecule has 100 valence electrons. The van der Waals surface area contributed by atoms with Crippen molar-refractivity contribution in [1.82, 2.24) is 0 Å². The zero-order chi connectivity index (χ0) is 13.6. The Morgan fingerprint density at radius 1 is 0.789 bits per heavy atom. The summed E-state index contributed by atoms with van der Waals surface area (Å²) in [6.07, 6.45) is 2.84. The number of rotatable bonds is 6. The minimum absolute atomic E-state index is 0.109. The predicted molar refractivity (Wildman–Crippen MR) is 80.1 cm³/mol. The average molecular weight is 254 g/mol. The first-order valence-electron chi connectivity index (χ1n) is 6.91. The fraction of sp³-hybridized carbons (Fsp3) is 0.333. The molecule has 0 amide bonds. The lowest BCUT2D eigenvalue weighted by Crippen LogP contribution is -2.24. The lowest BCUT2D eigenvalue weighted by Gasteiger charge is -2.29. The van der Waals surface area contributed by atoms with Crippen LogP contribution in [0.1, 0.15) is 24.5 Å². The summed E-state index contributed by atoms with van der Waals surface area (Å²) in [4.78, 5) is 0.